The van der Waals surface area contributed by atoms with Crippen LogP contribution in [0.2, 0.25) is 0 Å². The first-order chi connectivity index (χ1) is 13.0. The SMILES string of the molecule is COc1cccc(Cn2cnc3sc4c(c3c2=O)CCC(NC(C)C)C4)c1. The van der Waals surface area contributed by atoms with Crippen molar-refractivity contribution in [2.75, 3.05) is 7.11 Å². The molecule has 0 amide bonds. The van der Waals surface area contributed by atoms with Crippen LogP contribution < -0.4 is 15.6 Å². The van der Waals surface area contributed by atoms with Crippen molar-refractivity contribution in [3.8, 4) is 5.75 Å². The van der Waals surface area contributed by atoms with Gasteiger partial charge in [0.15, 0.2) is 0 Å². The molecule has 1 aromatic carbocycles. The molecule has 0 saturated carbocycles. The zero-order valence-corrected chi connectivity index (χ0v) is 16.8. The molecular weight excluding hydrogens is 358 g/mol. The maximum atomic E-state index is 13.2. The van der Waals surface area contributed by atoms with Crippen molar-refractivity contribution in [3.05, 3.63) is 57.0 Å². The van der Waals surface area contributed by atoms with Gasteiger partial charge in [-0.15, -0.1) is 11.3 Å². The van der Waals surface area contributed by atoms with Crippen LogP contribution in [0.1, 0.15) is 36.3 Å². The van der Waals surface area contributed by atoms with Crippen LogP contribution in [0.4, 0.5) is 0 Å². The molecule has 0 radical (unpaired) electrons. The summed E-state index contributed by atoms with van der Waals surface area (Å²) in [6.45, 7) is 4.86. The molecule has 0 bridgehead atoms. The number of nitrogens with zero attached hydrogens (tertiary/aromatic N) is 2. The van der Waals surface area contributed by atoms with Crippen LogP contribution in [0.5, 0.6) is 5.75 Å². The Morgan fingerprint density at radius 1 is 1.41 bits per heavy atom. The minimum absolute atomic E-state index is 0.0654. The van der Waals surface area contributed by atoms with Crippen molar-refractivity contribution in [2.24, 2.45) is 0 Å². The second-order valence-electron chi connectivity index (χ2n) is 7.47. The second kappa shape index (κ2) is 7.44. The summed E-state index contributed by atoms with van der Waals surface area (Å²) in [5.74, 6) is 0.797. The number of aryl methyl sites for hydroxylation is 1. The van der Waals surface area contributed by atoms with Gasteiger partial charge in [-0.3, -0.25) is 9.36 Å². The number of fused-ring (bicyclic) bond motifs is 3. The molecule has 0 aliphatic heterocycles. The fraction of sp³-hybridized carbons (Fsp3) is 0.429. The van der Waals surface area contributed by atoms with E-state index in [0.29, 0.717) is 18.6 Å². The molecule has 0 spiro atoms. The lowest BCUT2D eigenvalue weighted by Crippen LogP contribution is -2.38. The predicted octanol–water partition coefficient (Wildman–Crippen LogP) is 3.37. The minimum Gasteiger partial charge on any atom is -0.497 e. The number of hydrogen-bond acceptors (Lipinski definition) is 5. The van der Waals surface area contributed by atoms with E-state index >= 15 is 0 Å². The topological polar surface area (TPSA) is 56.2 Å². The zero-order chi connectivity index (χ0) is 19.0. The van der Waals surface area contributed by atoms with Gasteiger partial charge in [-0.05, 0) is 42.5 Å². The number of rotatable bonds is 5. The average molecular weight is 384 g/mol. The molecule has 27 heavy (non-hydrogen) atoms. The first-order valence-corrected chi connectivity index (χ1v) is 10.3. The number of hydrogen-bond donors (Lipinski definition) is 1. The van der Waals surface area contributed by atoms with E-state index in [9.17, 15) is 4.79 Å². The van der Waals surface area contributed by atoms with Gasteiger partial charge in [-0.1, -0.05) is 26.0 Å². The van der Waals surface area contributed by atoms with Crippen LogP contribution in [-0.2, 0) is 19.4 Å². The summed E-state index contributed by atoms with van der Waals surface area (Å²) in [6, 6.07) is 8.78. The van der Waals surface area contributed by atoms with Gasteiger partial charge in [0.05, 0.1) is 25.4 Å². The summed E-state index contributed by atoms with van der Waals surface area (Å²) in [6.07, 6.45) is 4.68. The maximum Gasteiger partial charge on any atom is 0.262 e. The van der Waals surface area contributed by atoms with Crippen molar-refractivity contribution >= 4 is 21.6 Å². The normalized spacial score (nSPS) is 16.7. The monoisotopic (exact) mass is 383 g/mol. The molecule has 1 unspecified atom stereocenters. The van der Waals surface area contributed by atoms with Gasteiger partial charge >= 0.3 is 0 Å². The Hall–Kier alpha value is -2.18. The van der Waals surface area contributed by atoms with Gasteiger partial charge in [0.25, 0.3) is 5.56 Å². The van der Waals surface area contributed by atoms with Crippen LogP contribution in [0.3, 0.4) is 0 Å². The van der Waals surface area contributed by atoms with Crippen molar-refractivity contribution in [2.45, 2.75) is 51.7 Å². The van der Waals surface area contributed by atoms with E-state index in [1.807, 2.05) is 24.3 Å². The Labute approximate surface area is 163 Å². The molecule has 2 heterocycles. The lowest BCUT2D eigenvalue weighted by molar-refractivity contribution is 0.414. The van der Waals surface area contributed by atoms with Crippen LogP contribution in [0.15, 0.2) is 35.4 Å². The van der Waals surface area contributed by atoms with Crippen LogP contribution in [-0.4, -0.2) is 28.7 Å². The highest BCUT2D eigenvalue weighted by Gasteiger charge is 2.25. The standard InChI is InChI=1S/C21H25N3O2S/c1-13(2)23-15-7-8-17-18(10-15)27-20-19(17)21(25)24(12-22-20)11-14-5-4-6-16(9-14)26-3/h4-6,9,12-13,15,23H,7-8,10-11H2,1-3H3. The first-order valence-electron chi connectivity index (χ1n) is 9.44. The van der Waals surface area contributed by atoms with Gasteiger partial charge in [0, 0.05) is 17.0 Å². The van der Waals surface area contributed by atoms with Crippen LogP contribution in [0.25, 0.3) is 10.2 Å². The molecule has 142 valence electrons. The highest BCUT2D eigenvalue weighted by Crippen LogP contribution is 2.33. The van der Waals surface area contributed by atoms with Gasteiger partial charge in [0.2, 0.25) is 0 Å². The molecule has 0 saturated heterocycles. The third-order valence-corrected chi connectivity index (χ3v) is 6.25. The van der Waals surface area contributed by atoms with Crippen molar-refractivity contribution in [1.29, 1.82) is 0 Å². The van der Waals surface area contributed by atoms with E-state index in [-0.39, 0.29) is 5.56 Å². The quantitative estimate of drug-likeness (QED) is 0.734. The van der Waals surface area contributed by atoms with E-state index in [1.54, 1.807) is 29.3 Å². The van der Waals surface area contributed by atoms with Crippen molar-refractivity contribution in [1.82, 2.24) is 14.9 Å². The van der Waals surface area contributed by atoms with E-state index < -0.39 is 0 Å². The Morgan fingerprint density at radius 3 is 3.04 bits per heavy atom. The summed E-state index contributed by atoms with van der Waals surface area (Å²) in [7, 11) is 1.65. The number of benzene rings is 1. The minimum atomic E-state index is 0.0654. The third kappa shape index (κ3) is 3.64. The van der Waals surface area contributed by atoms with Crippen LogP contribution in [0, 0.1) is 0 Å². The Bertz CT molecular complexity index is 1020. The Morgan fingerprint density at radius 2 is 2.26 bits per heavy atom. The van der Waals surface area contributed by atoms with Gasteiger partial charge in [-0.25, -0.2) is 4.98 Å². The number of nitrogens with one attached hydrogen (secondary N) is 1. The third-order valence-electron chi connectivity index (χ3n) is 5.09. The molecule has 5 nitrogen and oxygen atoms in total. The summed E-state index contributed by atoms with van der Waals surface area (Å²) in [5.41, 5.74) is 2.31. The van der Waals surface area contributed by atoms with E-state index in [1.165, 1.54) is 10.4 Å². The molecule has 1 atom stereocenters. The average Bonchev–Trinajstić information content (AvgIpc) is 3.02. The van der Waals surface area contributed by atoms with Crippen molar-refractivity contribution < 1.29 is 4.74 Å². The summed E-state index contributed by atoms with van der Waals surface area (Å²) in [4.78, 5) is 20.0. The fourth-order valence-corrected chi connectivity index (χ4v) is 5.15. The van der Waals surface area contributed by atoms with E-state index in [4.69, 9.17) is 4.74 Å². The number of ether oxygens (including phenoxy) is 1. The zero-order valence-electron chi connectivity index (χ0n) is 16.0. The number of aromatic nitrogens is 2. The van der Waals surface area contributed by atoms with Gasteiger partial charge < -0.3 is 10.1 Å². The van der Waals surface area contributed by atoms with Crippen LogP contribution >= 0.6 is 11.3 Å². The molecule has 3 aromatic rings. The molecule has 1 aliphatic rings. The molecule has 4 rings (SSSR count). The fourth-order valence-electron chi connectivity index (χ4n) is 3.89. The Balaban J connectivity index is 1.67. The largest absolute Gasteiger partial charge is 0.497 e. The highest BCUT2D eigenvalue weighted by atomic mass is 32.1. The van der Waals surface area contributed by atoms with Gasteiger partial charge in [0.1, 0.15) is 10.6 Å². The van der Waals surface area contributed by atoms with E-state index in [2.05, 4.69) is 24.1 Å². The smallest absolute Gasteiger partial charge is 0.262 e. The first kappa shape index (κ1) is 18.2. The summed E-state index contributed by atoms with van der Waals surface area (Å²) >= 11 is 1.68. The predicted molar refractivity (Wildman–Crippen MR) is 110 cm³/mol. The number of thiophene rings is 1. The molecular formula is C21H25N3O2S. The molecule has 6 heteroatoms. The van der Waals surface area contributed by atoms with Crippen molar-refractivity contribution in [3.63, 3.8) is 0 Å². The maximum absolute atomic E-state index is 13.2. The molecule has 2 aromatic heterocycles. The summed E-state index contributed by atoms with van der Waals surface area (Å²) < 4.78 is 7.00. The molecule has 1 aliphatic carbocycles. The second-order valence-corrected chi connectivity index (χ2v) is 8.56. The van der Waals surface area contributed by atoms with E-state index in [0.717, 1.165) is 40.8 Å². The number of methoxy groups -OCH3 is 1. The lowest BCUT2D eigenvalue weighted by Gasteiger charge is -2.25. The summed E-state index contributed by atoms with van der Waals surface area (Å²) in [5, 5.41) is 4.45. The lowest BCUT2D eigenvalue weighted by atomic mass is 9.92. The molecule has 1 N–H and O–H groups in total. The molecule has 0 fully saturated rings. The highest BCUT2D eigenvalue weighted by molar-refractivity contribution is 7.18. The Kier molecular flexibility index (Phi) is 5.02. The van der Waals surface area contributed by atoms with Gasteiger partial charge in [-0.2, -0.15) is 0 Å².